The Morgan fingerprint density at radius 3 is 2.37 bits per heavy atom. The van der Waals surface area contributed by atoms with E-state index in [4.69, 9.17) is 42.1 Å². The maximum absolute atomic E-state index is 13.7. The molecule has 3 saturated heterocycles. The van der Waals surface area contributed by atoms with Crippen LogP contribution >= 0.6 is 23.2 Å². The maximum Gasteiger partial charge on any atom is 0.414 e. The molecule has 11 nitrogen and oxygen atoms in total. The normalized spacial score (nSPS) is 19.6. The van der Waals surface area contributed by atoms with E-state index in [0.717, 1.165) is 63.3 Å². The van der Waals surface area contributed by atoms with Crippen molar-refractivity contribution in [3.05, 3.63) is 117 Å². The Bertz CT molecular complexity index is 1920. The number of anilines is 1. The number of nitrogens with zero attached hydrogens (tertiary/aromatic N) is 4. The number of hydrogen-bond acceptors (Lipinski definition) is 9. The molecule has 2 bridgehead atoms. The lowest BCUT2D eigenvalue weighted by Gasteiger charge is -2.44. The first-order valence-electron chi connectivity index (χ1n) is 17.8. The van der Waals surface area contributed by atoms with Crippen LogP contribution in [0.4, 0.5) is 19.3 Å². The van der Waals surface area contributed by atoms with E-state index in [1.54, 1.807) is 48.8 Å². The molecule has 1 saturated carbocycles. The number of aromatic nitrogens is 2. The molecular weight excluding hydrogens is 745 g/mol. The van der Waals surface area contributed by atoms with Gasteiger partial charge in [0.15, 0.2) is 23.9 Å². The lowest BCUT2D eigenvalue weighted by molar-refractivity contribution is -0.605. The van der Waals surface area contributed by atoms with Gasteiger partial charge in [0.2, 0.25) is 0 Å². The molecule has 0 spiro atoms. The Hall–Kier alpha value is -4.72. The Morgan fingerprint density at radius 2 is 1.74 bits per heavy atom. The quantitative estimate of drug-likeness (QED) is 0.0718. The van der Waals surface area contributed by atoms with Gasteiger partial charge in [-0.1, -0.05) is 41.4 Å². The Morgan fingerprint density at radius 1 is 1.00 bits per heavy atom. The minimum atomic E-state index is -3.08. The summed E-state index contributed by atoms with van der Waals surface area (Å²) in [7, 11) is 0. The van der Waals surface area contributed by atoms with Gasteiger partial charge < -0.3 is 24.2 Å². The van der Waals surface area contributed by atoms with Crippen molar-refractivity contribution in [3.8, 4) is 11.5 Å². The molecule has 284 valence electrons. The van der Waals surface area contributed by atoms with Crippen LogP contribution in [0.5, 0.6) is 11.5 Å². The van der Waals surface area contributed by atoms with Crippen LogP contribution in [0.25, 0.3) is 0 Å². The van der Waals surface area contributed by atoms with Crippen molar-refractivity contribution >= 4 is 41.0 Å². The third-order valence-corrected chi connectivity index (χ3v) is 10.6. The van der Waals surface area contributed by atoms with Crippen LogP contribution in [-0.2, 0) is 22.4 Å². The Kier molecular flexibility index (Phi) is 11.7. The highest BCUT2D eigenvalue weighted by Crippen LogP contribution is 2.38. The van der Waals surface area contributed by atoms with Crippen molar-refractivity contribution in [1.29, 1.82) is 0 Å². The Balaban J connectivity index is 1.11. The van der Waals surface area contributed by atoms with Gasteiger partial charge in [-0.05, 0) is 98.1 Å². The van der Waals surface area contributed by atoms with E-state index < -0.39 is 24.8 Å². The summed E-state index contributed by atoms with van der Waals surface area (Å²) in [5.41, 5.74) is 2.23. The van der Waals surface area contributed by atoms with E-state index >= 15 is 0 Å². The number of carbonyl (C=O) groups is 2. The molecule has 2 aromatic heterocycles. The summed E-state index contributed by atoms with van der Waals surface area (Å²) in [5, 5.41) is 12.1. The van der Waals surface area contributed by atoms with Gasteiger partial charge in [0.05, 0.1) is 30.6 Å². The van der Waals surface area contributed by atoms with Crippen molar-refractivity contribution in [2.75, 3.05) is 31.1 Å². The second-order valence-corrected chi connectivity index (χ2v) is 14.6. The number of fused-ring (bicyclic) bond motifs is 3. The molecule has 1 amide bonds. The minimum Gasteiger partial charge on any atom is -0.619 e. The summed E-state index contributed by atoms with van der Waals surface area (Å²) in [4.78, 5) is 35.4. The molecule has 15 heteroatoms. The summed E-state index contributed by atoms with van der Waals surface area (Å²) in [5.74, 6) is -0.138. The first kappa shape index (κ1) is 37.6. The Labute approximate surface area is 320 Å². The summed E-state index contributed by atoms with van der Waals surface area (Å²) in [6, 6.07) is 14.4. The number of amides is 1. The largest absolute Gasteiger partial charge is 0.619 e. The number of rotatable bonds is 14. The highest BCUT2D eigenvalue weighted by atomic mass is 35.5. The minimum absolute atomic E-state index is 0.0518. The van der Waals surface area contributed by atoms with Crippen molar-refractivity contribution in [1.82, 2.24) is 9.88 Å². The number of benzene rings is 2. The summed E-state index contributed by atoms with van der Waals surface area (Å²) < 4.78 is 49.6. The van der Waals surface area contributed by atoms with Crippen molar-refractivity contribution in [2.24, 2.45) is 11.8 Å². The van der Waals surface area contributed by atoms with Crippen molar-refractivity contribution in [2.45, 2.75) is 57.5 Å². The van der Waals surface area contributed by atoms with Gasteiger partial charge >= 0.3 is 18.7 Å². The predicted octanol–water partition coefficient (Wildman–Crippen LogP) is 7.79. The van der Waals surface area contributed by atoms with Crippen LogP contribution in [-0.4, -0.2) is 60.9 Å². The monoisotopic (exact) mass is 782 g/mol. The van der Waals surface area contributed by atoms with E-state index in [0.29, 0.717) is 40.0 Å². The molecule has 4 aliphatic rings. The molecule has 0 N–H and O–H groups in total. The topological polar surface area (TPSA) is 117 Å². The number of carbonyl (C=O) groups excluding carboxylic acids is 2. The SMILES string of the molecule is O=C(OC(Cc1c(Cl)c[n+]([O-])cc1Cl)c1ccc(OC(F)F)c(OCC2CC2)c1)c1ccc(CN(C(=O)O[C@H]2CN3CCC2CC3)c2cccnc2)cc1. The fourth-order valence-electron chi connectivity index (χ4n) is 6.80. The fourth-order valence-corrected chi connectivity index (χ4v) is 7.40. The van der Waals surface area contributed by atoms with Crippen LogP contribution in [0.3, 0.4) is 0 Å². The summed E-state index contributed by atoms with van der Waals surface area (Å²) in [6.45, 7) is 0.158. The van der Waals surface area contributed by atoms with E-state index in [-0.39, 0.29) is 46.2 Å². The van der Waals surface area contributed by atoms with Crippen LogP contribution in [0.1, 0.15) is 58.8 Å². The van der Waals surface area contributed by atoms with Gasteiger partial charge in [-0.25, -0.2) is 9.59 Å². The van der Waals surface area contributed by atoms with Crippen LogP contribution < -0.4 is 19.1 Å². The molecule has 2 atom stereocenters. The molecule has 4 aromatic rings. The van der Waals surface area contributed by atoms with Crippen LogP contribution in [0.2, 0.25) is 10.0 Å². The molecule has 1 unspecified atom stereocenters. The smallest absolute Gasteiger partial charge is 0.414 e. The van der Waals surface area contributed by atoms with Crippen LogP contribution in [0, 0.1) is 17.0 Å². The van der Waals surface area contributed by atoms with Gasteiger partial charge in [-0.2, -0.15) is 13.5 Å². The second-order valence-electron chi connectivity index (χ2n) is 13.8. The molecule has 8 rings (SSSR count). The average Bonchev–Trinajstić information content (AvgIpc) is 4.00. The molecule has 2 aromatic carbocycles. The summed E-state index contributed by atoms with van der Waals surface area (Å²) >= 11 is 12.8. The third-order valence-electron chi connectivity index (χ3n) is 9.98. The zero-order valence-electron chi connectivity index (χ0n) is 29.1. The zero-order valence-corrected chi connectivity index (χ0v) is 30.6. The highest BCUT2D eigenvalue weighted by molar-refractivity contribution is 6.35. The number of esters is 1. The van der Waals surface area contributed by atoms with Gasteiger partial charge in [0.25, 0.3) is 0 Å². The second kappa shape index (κ2) is 16.7. The van der Waals surface area contributed by atoms with Gasteiger partial charge in [0.1, 0.15) is 22.3 Å². The van der Waals surface area contributed by atoms with Gasteiger partial charge in [-0.3, -0.25) is 14.8 Å². The standard InChI is InChI=1S/C39H38Cl2F2N4O7/c40-31-20-46(50)21-32(41)30(31)17-34(28-9-10-33(53-38(42)43)35(16-28)51-23-25-3-4-25)52-37(48)27-7-5-24(6-8-27)19-47(29-2-1-13-44-18-29)39(49)54-36-22-45-14-11-26(36)12-15-45/h1-2,5-10,13,16,18,20-21,25-26,34,36,38H,3-4,11-12,14-15,17,19,22-23H2/t34?,36-/m0/s1. The van der Waals surface area contributed by atoms with E-state index in [1.807, 2.05) is 0 Å². The van der Waals surface area contributed by atoms with E-state index in [9.17, 15) is 23.6 Å². The molecule has 0 radical (unpaired) electrons. The number of ether oxygens (including phenoxy) is 4. The van der Waals surface area contributed by atoms with Crippen LogP contribution in [0.15, 0.2) is 79.4 Å². The molecule has 1 aliphatic carbocycles. The molecule has 3 aliphatic heterocycles. The van der Waals surface area contributed by atoms with Gasteiger partial charge in [-0.15, -0.1) is 0 Å². The summed E-state index contributed by atoms with van der Waals surface area (Å²) in [6.07, 6.45) is 7.69. The van der Waals surface area contributed by atoms with E-state index in [1.165, 1.54) is 23.1 Å². The fraction of sp³-hybridized carbons (Fsp3) is 0.385. The van der Waals surface area contributed by atoms with Gasteiger partial charge in [0, 0.05) is 24.7 Å². The average molecular weight is 784 g/mol. The first-order chi connectivity index (χ1) is 26.1. The lowest BCUT2D eigenvalue weighted by atomic mass is 9.86. The van der Waals surface area contributed by atoms with Crippen molar-refractivity contribution < 1.29 is 42.0 Å². The highest BCUT2D eigenvalue weighted by Gasteiger charge is 2.37. The number of hydrogen-bond donors (Lipinski definition) is 0. The molecule has 4 fully saturated rings. The lowest BCUT2D eigenvalue weighted by Crippen LogP contribution is -2.53. The molecule has 54 heavy (non-hydrogen) atoms. The van der Waals surface area contributed by atoms with Crippen molar-refractivity contribution in [3.63, 3.8) is 0 Å². The van der Waals surface area contributed by atoms with E-state index in [2.05, 4.69) is 9.88 Å². The number of halogens is 4. The first-order valence-corrected chi connectivity index (χ1v) is 18.5. The molecule has 5 heterocycles. The number of alkyl halides is 2. The number of pyridine rings is 2. The zero-order chi connectivity index (χ0) is 37.8. The third kappa shape index (κ3) is 9.31. The molecular formula is C39H38Cl2F2N4O7. The maximum atomic E-state index is 13.7. The predicted molar refractivity (Wildman–Crippen MR) is 195 cm³/mol. The number of piperidine rings is 3.